The molecule has 0 fully saturated rings. The molecule has 2 rings (SSSR count). The predicted octanol–water partition coefficient (Wildman–Crippen LogP) is 2.41. The second-order valence-corrected chi connectivity index (χ2v) is 3.99. The lowest BCUT2D eigenvalue weighted by atomic mass is 10.2. The van der Waals surface area contributed by atoms with Crippen molar-refractivity contribution < 1.29 is 18.7 Å². The third-order valence-corrected chi connectivity index (χ3v) is 2.77. The van der Waals surface area contributed by atoms with Crippen LogP contribution < -0.4 is 9.47 Å². The molecule has 1 aromatic heterocycles. The van der Waals surface area contributed by atoms with Crippen LogP contribution in [0.1, 0.15) is 11.5 Å². The van der Waals surface area contributed by atoms with E-state index in [9.17, 15) is 4.79 Å². The van der Waals surface area contributed by atoms with Crippen molar-refractivity contribution in [1.82, 2.24) is 4.98 Å². The zero-order chi connectivity index (χ0) is 13.8. The summed E-state index contributed by atoms with van der Waals surface area (Å²) in [6, 6.07) is 5.38. The molecule has 1 heterocycles. The first-order valence-electron chi connectivity index (χ1n) is 5.81. The minimum atomic E-state index is 0.246. The van der Waals surface area contributed by atoms with Gasteiger partial charge in [0.05, 0.1) is 19.9 Å². The molecule has 1 aromatic carbocycles. The molecule has 19 heavy (non-hydrogen) atoms. The van der Waals surface area contributed by atoms with Gasteiger partial charge < -0.3 is 18.7 Å². The van der Waals surface area contributed by atoms with Crippen molar-refractivity contribution in [2.75, 3.05) is 14.2 Å². The molecule has 0 saturated carbocycles. The first-order valence-corrected chi connectivity index (χ1v) is 5.81. The average Bonchev–Trinajstić information content (AvgIpc) is 2.80. The maximum atomic E-state index is 10.6. The number of aryl methyl sites for hydroxylation is 1. The van der Waals surface area contributed by atoms with Crippen LogP contribution in [0.15, 0.2) is 22.6 Å². The molecule has 0 amide bonds. The Balaban J connectivity index is 2.45. The van der Waals surface area contributed by atoms with E-state index in [1.165, 1.54) is 0 Å². The van der Waals surface area contributed by atoms with Gasteiger partial charge in [-0.3, -0.25) is 0 Å². The average molecular weight is 261 g/mol. The van der Waals surface area contributed by atoms with E-state index in [2.05, 4.69) is 4.98 Å². The van der Waals surface area contributed by atoms with Crippen LogP contribution in [0, 0.1) is 6.92 Å². The molecule has 0 spiro atoms. The minimum absolute atomic E-state index is 0.246. The van der Waals surface area contributed by atoms with Gasteiger partial charge in [-0.05, 0) is 19.1 Å². The van der Waals surface area contributed by atoms with Crippen LogP contribution in [0.2, 0.25) is 0 Å². The van der Waals surface area contributed by atoms with Crippen molar-refractivity contribution >= 4 is 6.29 Å². The molecule has 0 N–H and O–H groups in total. The summed E-state index contributed by atoms with van der Waals surface area (Å²) in [6.45, 7) is 1.78. The fourth-order valence-electron chi connectivity index (χ4n) is 1.75. The summed E-state index contributed by atoms with van der Waals surface area (Å²) < 4.78 is 16.0. The highest BCUT2D eigenvalue weighted by molar-refractivity contribution is 5.61. The number of ether oxygens (including phenoxy) is 2. The van der Waals surface area contributed by atoms with E-state index in [0.717, 1.165) is 11.8 Å². The maximum Gasteiger partial charge on any atom is 0.226 e. The lowest BCUT2D eigenvalue weighted by Gasteiger charge is -2.06. The van der Waals surface area contributed by atoms with Crippen LogP contribution in [0.25, 0.3) is 11.5 Å². The molecule has 0 atom stereocenters. The van der Waals surface area contributed by atoms with Crippen LogP contribution in [-0.4, -0.2) is 25.5 Å². The zero-order valence-electron chi connectivity index (χ0n) is 11.1. The van der Waals surface area contributed by atoms with Crippen LogP contribution in [0.5, 0.6) is 11.5 Å². The van der Waals surface area contributed by atoms with Gasteiger partial charge in [-0.2, -0.15) is 0 Å². The zero-order valence-corrected chi connectivity index (χ0v) is 11.1. The molecule has 0 aliphatic carbocycles. The molecule has 0 aliphatic rings. The van der Waals surface area contributed by atoms with Gasteiger partial charge >= 0.3 is 0 Å². The van der Waals surface area contributed by atoms with E-state index in [-0.39, 0.29) is 6.42 Å². The Morgan fingerprint density at radius 1 is 1.21 bits per heavy atom. The number of rotatable bonds is 5. The van der Waals surface area contributed by atoms with Gasteiger partial charge in [0, 0.05) is 18.1 Å². The van der Waals surface area contributed by atoms with Gasteiger partial charge in [-0.15, -0.1) is 0 Å². The summed E-state index contributed by atoms with van der Waals surface area (Å²) in [6.07, 6.45) is 1.05. The van der Waals surface area contributed by atoms with Crippen molar-refractivity contribution in [2.24, 2.45) is 0 Å². The molecule has 0 bridgehead atoms. The highest BCUT2D eigenvalue weighted by Crippen LogP contribution is 2.30. The number of hydrogen-bond acceptors (Lipinski definition) is 5. The molecule has 2 aromatic rings. The quantitative estimate of drug-likeness (QED) is 0.773. The maximum absolute atomic E-state index is 10.6. The molecule has 0 aliphatic heterocycles. The first kappa shape index (κ1) is 13.1. The molecule has 5 heteroatoms. The summed E-state index contributed by atoms with van der Waals surface area (Å²) in [5.74, 6) is 2.40. The molecular formula is C14H15NO4. The largest absolute Gasteiger partial charge is 0.497 e. The fraction of sp³-hybridized carbons (Fsp3) is 0.286. The Hall–Kier alpha value is -2.30. The van der Waals surface area contributed by atoms with Crippen LogP contribution in [0.3, 0.4) is 0 Å². The number of carbonyl (C=O) groups excluding carboxylic acids is 1. The number of methoxy groups -OCH3 is 2. The normalized spacial score (nSPS) is 10.3. The van der Waals surface area contributed by atoms with Crippen molar-refractivity contribution in [3.05, 3.63) is 29.7 Å². The number of benzene rings is 1. The molecule has 0 radical (unpaired) electrons. The summed E-state index contributed by atoms with van der Waals surface area (Å²) in [7, 11) is 3.16. The first-order chi connectivity index (χ1) is 9.17. The van der Waals surface area contributed by atoms with Gasteiger partial charge in [0.15, 0.2) is 0 Å². The molecule has 5 nitrogen and oxygen atoms in total. The highest BCUT2D eigenvalue weighted by Gasteiger charge is 2.13. The Kier molecular flexibility index (Phi) is 3.85. The number of nitrogens with zero attached hydrogens (tertiary/aromatic N) is 1. The molecule has 100 valence electrons. The molecular weight excluding hydrogens is 246 g/mol. The van der Waals surface area contributed by atoms with Gasteiger partial charge in [0.25, 0.3) is 0 Å². The summed E-state index contributed by atoms with van der Waals surface area (Å²) in [4.78, 5) is 14.9. The number of hydrogen-bond donors (Lipinski definition) is 0. The van der Waals surface area contributed by atoms with Crippen molar-refractivity contribution in [1.29, 1.82) is 0 Å². The Morgan fingerprint density at radius 3 is 2.37 bits per heavy atom. The number of aromatic nitrogens is 1. The van der Waals surface area contributed by atoms with E-state index in [1.807, 2.05) is 0 Å². The Morgan fingerprint density at radius 2 is 1.84 bits per heavy atom. The smallest absolute Gasteiger partial charge is 0.226 e. The summed E-state index contributed by atoms with van der Waals surface area (Å²) >= 11 is 0. The number of oxazole rings is 1. The Labute approximate surface area is 111 Å². The van der Waals surface area contributed by atoms with Crippen LogP contribution >= 0.6 is 0 Å². The van der Waals surface area contributed by atoms with Crippen molar-refractivity contribution in [2.45, 2.75) is 13.3 Å². The predicted molar refractivity (Wildman–Crippen MR) is 69.5 cm³/mol. The lowest BCUT2D eigenvalue weighted by molar-refractivity contribution is -0.107. The number of aldehydes is 1. The SMILES string of the molecule is COc1cc(OC)cc(-c2nc(CC=O)c(C)o2)c1. The van der Waals surface area contributed by atoms with Crippen LogP contribution in [-0.2, 0) is 11.2 Å². The van der Waals surface area contributed by atoms with Gasteiger partial charge in [0.2, 0.25) is 5.89 Å². The second kappa shape index (κ2) is 5.56. The van der Waals surface area contributed by atoms with E-state index < -0.39 is 0 Å². The van der Waals surface area contributed by atoms with E-state index >= 15 is 0 Å². The Bertz CT molecular complexity index is 567. The van der Waals surface area contributed by atoms with Gasteiger partial charge in [-0.25, -0.2) is 4.98 Å². The van der Waals surface area contributed by atoms with Crippen molar-refractivity contribution in [3.8, 4) is 23.0 Å². The fourth-order valence-corrected chi connectivity index (χ4v) is 1.75. The van der Waals surface area contributed by atoms with Gasteiger partial charge in [-0.1, -0.05) is 0 Å². The molecule has 0 saturated heterocycles. The minimum Gasteiger partial charge on any atom is -0.497 e. The summed E-state index contributed by atoms with van der Waals surface area (Å²) in [5, 5.41) is 0. The topological polar surface area (TPSA) is 61.6 Å². The third-order valence-electron chi connectivity index (χ3n) is 2.77. The van der Waals surface area contributed by atoms with Gasteiger partial charge in [0.1, 0.15) is 23.5 Å². The standard InChI is InChI=1S/C14H15NO4/c1-9-13(4-5-16)15-14(19-9)10-6-11(17-2)8-12(7-10)18-3/h5-8H,4H2,1-3H3. The van der Waals surface area contributed by atoms with E-state index in [4.69, 9.17) is 13.9 Å². The number of carbonyl (C=O) groups is 1. The summed E-state index contributed by atoms with van der Waals surface area (Å²) in [5.41, 5.74) is 1.39. The molecule has 0 unspecified atom stereocenters. The van der Waals surface area contributed by atoms with E-state index in [1.54, 1.807) is 39.3 Å². The van der Waals surface area contributed by atoms with Crippen LogP contribution in [0.4, 0.5) is 0 Å². The van der Waals surface area contributed by atoms with E-state index in [0.29, 0.717) is 28.8 Å². The van der Waals surface area contributed by atoms with Crippen molar-refractivity contribution in [3.63, 3.8) is 0 Å². The third kappa shape index (κ3) is 2.76. The second-order valence-electron chi connectivity index (χ2n) is 3.99. The monoisotopic (exact) mass is 261 g/mol. The highest BCUT2D eigenvalue weighted by atomic mass is 16.5. The lowest BCUT2D eigenvalue weighted by Crippen LogP contribution is -1.90.